The highest BCUT2D eigenvalue weighted by molar-refractivity contribution is 5.55. The van der Waals surface area contributed by atoms with Crippen molar-refractivity contribution in [3.63, 3.8) is 0 Å². The monoisotopic (exact) mass is 217 g/mol. The molecule has 1 aliphatic rings. The third-order valence-electron chi connectivity index (χ3n) is 2.92. The fourth-order valence-corrected chi connectivity index (χ4v) is 2.11. The van der Waals surface area contributed by atoms with E-state index in [0.29, 0.717) is 11.4 Å². The van der Waals surface area contributed by atoms with Crippen LogP contribution in [0, 0.1) is 5.82 Å². The van der Waals surface area contributed by atoms with Gasteiger partial charge in [0.25, 0.3) is 0 Å². The van der Waals surface area contributed by atoms with Crippen molar-refractivity contribution in [1.82, 2.24) is 14.8 Å². The number of rotatable bonds is 1. The number of aromatic nitrogens is 3. The van der Waals surface area contributed by atoms with Crippen LogP contribution in [-0.2, 0) is 13.0 Å². The van der Waals surface area contributed by atoms with E-state index in [1.807, 2.05) is 10.7 Å². The lowest BCUT2D eigenvalue weighted by molar-refractivity contribution is 0.486. The van der Waals surface area contributed by atoms with E-state index in [1.54, 1.807) is 12.3 Å². The molecule has 0 amide bonds. The van der Waals surface area contributed by atoms with E-state index < -0.39 is 0 Å². The zero-order chi connectivity index (χ0) is 11.0. The molecule has 2 aromatic heterocycles. The Morgan fingerprint density at radius 1 is 1.31 bits per heavy atom. The highest BCUT2D eigenvalue weighted by Gasteiger charge is 2.15. The highest BCUT2D eigenvalue weighted by atomic mass is 19.1. The van der Waals surface area contributed by atoms with Gasteiger partial charge in [0.2, 0.25) is 0 Å². The van der Waals surface area contributed by atoms with Crippen molar-refractivity contribution < 1.29 is 4.39 Å². The third kappa shape index (κ3) is 1.50. The van der Waals surface area contributed by atoms with Gasteiger partial charge in [0.05, 0.1) is 0 Å². The minimum absolute atomic E-state index is 0.307. The van der Waals surface area contributed by atoms with Crippen molar-refractivity contribution in [2.45, 2.75) is 25.8 Å². The molecule has 0 aliphatic carbocycles. The van der Waals surface area contributed by atoms with E-state index in [-0.39, 0.29) is 5.82 Å². The molecule has 82 valence electrons. The highest BCUT2D eigenvalue weighted by Crippen LogP contribution is 2.23. The van der Waals surface area contributed by atoms with Gasteiger partial charge >= 0.3 is 0 Å². The lowest BCUT2D eigenvalue weighted by Crippen LogP contribution is -2.10. The average Bonchev–Trinajstić information content (AvgIpc) is 2.73. The second kappa shape index (κ2) is 3.70. The summed E-state index contributed by atoms with van der Waals surface area (Å²) in [4.78, 5) is 4.04. The van der Waals surface area contributed by atoms with Gasteiger partial charge in [0.15, 0.2) is 5.82 Å². The molecule has 3 rings (SSSR count). The summed E-state index contributed by atoms with van der Waals surface area (Å²) in [6.45, 7) is 0.934. The van der Waals surface area contributed by atoms with Crippen LogP contribution in [0.15, 0.2) is 24.4 Å². The topological polar surface area (TPSA) is 30.7 Å². The zero-order valence-electron chi connectivity index (χ0n) is 8.86. The van der Waals surface area contributed by atoms with Crippen molar-refractivity contribution in [2.75, 3.05) is 0 Å². The molecule has 3 nitrogen and oxygen atoms in total. The lowest BCUT2D eigenvalue weighted by atomic mass is 10.1. The molecule has 16 heavy (non-hydrogen) atoms. The molecule has 0 atom stereocenters. The van der Waals surface area contributed by atoms with Crippen LogP contribution in [-0.4, -0.2) is 14.8 Å². The summed E-state index contributed by atoms with van der Waals surface area (Å²) >= 11 is 0. The second-order valence-corrected chi connectivity index (χ2v) is 4.03. The molecule has 0 saturated heterocycles. The maximum absolute atomic E-state index is 13.5. The SMILES string of the molecule is Fc1cccnc1-c1cc2n(n1)CCCC2. The van der Waals surface area contributed by atoms with Gasteiger partial charge in [-0.05, 0) is 37.5 Å². The van der Waals surface area contributed by atoms with Gasteiger partial charge in [-0.25, -0.2) is 4.39 Å². The normalized spacial score (nSPS) is 14.8. The van der Waals surface area contributed by atoms with E-state index in [1.165, 1.54) is 18.2 Å². The molecule has 0 unspecified atom stereocenters. The van der Waals surface area contributed by atoms with Crippen molar-refractivity contribution in [1.29, 1.82) is 0 Å². The molecule has 0 bridgehead atoms. The Balaban J connectivity index is 2.07. The van der Waals surface area contributed by atoms with E-state index in [2.05, 4.69) is 10.1 Å². The van der Waals surface area contributed by atoms with Crippen molar-refractivity contribution in [3.8, 4) is 11.4 Å². The Labute approximate surface area is 92.9 Å². The Hall–Kier alpha value is -1.71. The van der Waals surface area contributed by atoms with Crippen LogP contribution in [0.25, 0.3) is 11.4 Å². The quantitative estimate of drug-likeness (QED) is 0.734. The predicted molar refractivity (Wildman–Crippen MR) is 58.4 cm³/mol. The van der Waals surface area contributed by atoms with E-state index in [4.69, 9.17) is 0 Å². The number of nitrogens with zero attached hydrogens (tertiary/aromatic N) is 3. The molecule has 1 aliphatic heterocycles. The molecule has 0 spiro atoms. The summed E-state index contributed by atoms with van der Waals surface area (Å²) < 4.78 is 15.5. The van der Waals surface area contributed by atoms with Crippen LogP contribution in [0.3, 0.4) is 0 Å². The Morgan fingerprint density at radius 2 is 2.25 bits per heavy atom. The van der Waals surface area contributed by atoms with Crippen LogP contribution in [0.5, 0.6) is 0 Å². The first-order chi connectivity index (χ1) is 7.84. The molecule has 0 aromatic carbocycles. The molecule has 2 aromatic rings. The molecular weight excluding hydrogens is 205 g/mol. The maximum Gasteiger partial charge on any atom is 0.151 e. The summed E-state index contributed by atoms with van der Waals surface area (Å²) in [6.07, 6.45) is 4.97. The van der Waals surface area contributed by atoms with Crippen LogP contribution < -0.4 is 0 Å². The molecule has 3 heterocycles. The van der Waals surface area contributed by atoms with Crippen molar-refractivity contribution in [2.24, 2.45) is 0 Å². The molecular formula is C12H12FN3. The summed E-state index contributed by atoms with van der Waals surface area (Å²) in [5.41, 5.74) is 2.19. The fourth-order valence-electron chi connectivity index (χ4n) is 2.11. The van der Waals surface area contributed by atoms with Gasteiger partial charge in [-0.2, -0.15) is 5.10 Å². The number of hydrogen-bond acceptors (Lipinski definition) is 2. The van der Waals surface area contributed by atoms with Gasteiger partial charge in [0, 0.05) is 18.4 Å². The molecule has 0 radical (unpaired) electrons. The number of hydrogen-bond donors (Lipinski definition) is 0. The standard InChI is InChI=1S/C12H12FN3/c13-10-5-3-6-14-12(10)11-8-9-4-1-2-7-16(9)15-11/h3,5-6,8H,1-2,4,7H2. The zero-order valence-corrected chi connectivity index (χ0v) is 8.86. The summed E-state index contributed by atoms with van der Waals surface area (Å²) in [5.74, 6) is -0.307. The smallest absolute Gasteiger partial charge is 0.151 e. The Morgan fingerprint density at radius 3 is 3.06 bits per heavy atom. The van der Waals surface area contributed by atoms with Crippen LogP contribution in [0.1, 0.15) is 18.5 Å². The number of fused-ring (bicyclic) bond motifs is 1. The summed E-state index contributed by atoms with van der Waals surface area (Å²) in [5, 5.41) is 4.40. The first kappa shape index (κ1) is 9.51. The van der Waals surface area contributed by atoms with Crippen LogP contribution in [0.4, 0.5) is 4.39 Å². The summed E-state index contributed by atoms with van der Waals surface area (Å²) in [6, 6.07) is 4.96. The Kier molecular flexibility index (Phi) is 2.20. The van der Waals surface area contributed by atoms with E-state index in [0.717, 1.165) is 19.4 Å². The first-order valence-corrected chi connectivity index (χ1v) is 5.52. The van der Waals surface area contributed by atoms with Crippen molar-refractivity contribution >= 4 is 0 Å². The number of aryl methyl sites for hydroxylation is 2. The van der Waals surface area contributed by atoms with E-state index >= 15 is 0 Å². The lowest BCUT2D eigenvalue weighted by Gasteiger charge is -2.11. The van der Waals surface area contributed by atoms with Gasteiger partial charge in [-0.1, -0.05) is 0 Å². The van der Waals surface area contributed by atoms with Gasteiger partial charge in [-0.3, -0.25) is 9.67 Å². The first-order valence-electron chi connectivity index (χ1n) is 5.52. The minimum atomic E-state index is -0.307. The molecule has 0 N–H and O–H groups in total. The van der Waals surface area contributed by atoms with Gasteiger partial charge < -0.3 is 0 Å². The predicted octanol–water partition coefficient (Wildman–Crippen LogP) is 2.42. The van der Waals surface area contributed by atoms with Crippen LogP contribution >= 0.6 is 0 Å². The fraction of sp³-hybridized carbons (Fsp3) is 0.333. The third-order valence-corrected chi connectivity index (χ3v) is 2.92. The van der Waals surface area contributed by atoms with Gasteiger partial charge in [-0.15, -0.1) is 0 Å². The van der Waals surface area contributed by atoms with E-state index in [9.17, 15) is 4.39 Å². The Bertz CT molecular complexity index is 495. The summed E-state index contributed by atoms with van der Waals surface area (Å²) in [7, 11) is 0. The molecule has 0 saturated carbocycles. The molecule has 0 fully saturated rings. The second-order valence-electron chi connectivity index (χ2n) is 4.03. The average molecular weight is 217 g/mol. The van der Waals surface area contributed by atoms with Gasteiger partial charge in [0.1, 0.15) is 11.4 Å². The number of pyridine rings is 1. The maximum atomic E-state index is 13.5. The van der Waals surface area contributed by atoms with Crippen molar-refractivity contribution in [3.05, 3.63) is 35.9 Å². The minimum Gasteiger partial charge on any atom is -0.269 e. The largest absolute Gasteiger partial charge is 0.269 e. The number of halogens is 1. The van der Waals surface area contributed by atoms with Crippen LogP contribution in [0.2, 0.25) is 0 Å². The molecule has 4 heteroatoms.